The van der Waals surface area contributed by atoms with Gasteiger partial charge in [-0.15, -0.1) is 5.10 Å². The lowest BCUT2D eigenvalue weighted by Gasteiger charge is -2.17. The van der Waals surface area contributed by atoms with Gasteiger partial charge in [0.25, 0.3) is 0 Å². The fourth-order valence-electron chi connectivity index (χ4n) is 3.87. The highest BCUT2D eigenvalue weighted by atomic mass is 16.5. The Balaban J connectivity index is 1.74. The summed E-state index contributed by atoms with van der Waals surface area (Å²) in [6.07, 6.45) is 5.29. The molecule has 32 heavy (non-hydrogen) atoms. The number of rotatable bonds is 9. The minimum Gasteiger partial charge on any atom is -0.382 e. The van der Waals surface area contributed by atoms with Gasteiger partial charge < -0.3 is 15.0 Å². The molecule has 0 atom stereocenters. The first-order valence-corrected chi connectivity index (χ1v) is 10.7. The molecule has 0 spiro atoms. The number of amides is 1. The Morgan fingerprint density at radius 2 is 1.91 bits per heavy atom. The largest absolute Gasteiger partial charge is 0.382 e. The fourth-order valence-corrected chi connectivity index (χ4v) is 3.87. The number of hydrogen-bond donors (Lipinski definition) is 1. The van der Waals surface area contributed by atoms with Gasteiger partial charge in [0, 0.05) is 30.2 Å². The summed E-state index contributed by atoms with van der Waals surface area (Å²) in [7, 11) is 0. The van der Waals surface area contributed by atoms with Gasteiger partial charge in [-0.1, -0.05) is 17.3 Å². The van der Waals surface area contributed by atoms with Crippen molar-refractivity contribution in [1.82, 2.24) is 19.6 Å². The quantitative estimate of drug-likeness (QED) is 0.406. The molecule has 0 unspecified atom stereocenters. The van der Waals surface area contributed by atoms with Crippen molar-refractivity contribution in [3.8, 4) is 22.6 Å². The Labute approximate surface area is 187 Å². The number of carbonyl (C=O) groups excluding carboxylic acids is 1. The van der Waals surface area contributed by atoms with Crippen LogP contribution >= 0.6 is 0 Å². The van der Waals surface area contributed by atoms with Gasteiger partial charge in [-0.05, 0) is 80.3 Å². The maximum absolute atomic E-state index is 11.6. The highest BCUT2D eigenvalue weighted by Gasteiger charge is 2.15. The Morgan fingerprint density at radius 3 is 2.56 bits per heavy atom. The molecule has 164 valence electrons. The monoisotopic (exact) mass is 429 g/mol. The summed E-state index contributed by atoms with van der Waals surface area (Å²) in [5.41, 5.74) is 12.3. The van der Waals surface area contributed by atoms with Crippen molar-refractivity contribution >= 4 is 5.91 Å². The van der Waals surface area contributed by atoms with E-state index in [0.717, 1.165) is 54.3 Å². The molecule has 2 heterocycles. The number of hydrogen-bond acceptors (Lipinski definition) is 4. The van der Waals surface area contributed by atoms with Crippen LogP contribution in [0.2, 0.25) is 0 Å². The van der Waals surface area contributed by atoms with Gasteiger partial charge in [0.2, 0.25) is 5.91 Å². The number of aromatic nitrogens is 4. The topological polar surface area (TPSA) is 88.0 Å². The lowest BCUT2D eigenvalue weighted by atomic mass is 10.1. The number of carbonyl (C=O) groups is 1. The van der Waals surface area contributed by atoms with Gasteiger partial charge in [0.15, 0.2) is 0 Å². The van der Waals surface area contributed by atoms with E-state index in [4.69, 9.17) is 10.5 Å². The fraction of sp³-hybridized carbons (Fsp3) is 0.240. The first kappa shape index (κ1) is 21.5. The van der Waals surface area contributed by atoms with E-state index in [1.165, 1.54) is 5.69 Å². The molecule has 2 aromatic heterocycles. The average molecular weight is 430 g/mol. The van der Waals surface area contributed by atoms with Gasteiger partial charge in [-0.25, -0.2) is 4.68 Å². The van der Waals surface area contributed by atoms with Crippen LogP contribution < -0.4 is 5.73 Å². The third kappa shape index (κ3) is 4.48. The third-order valence-corrected chi connectivity index (χ3v) is 5.46. The minimum absolute atomic E-state index is 0.423. The van der Waals surface area contributed by atoms with Gasteiger partial charge in [0.1, 0.15) is 0 Å². The first-order chi connectivity index (χ1) is 15.6. The SMILES string of the molecule is CCOCCCc1ccc(-c2ccc(-n3ccnn3)cc2)n1-c1ccc(C(N)=O)cc1C. The van der Waals surface area contributed by atoms with E-state index in [9.17, 15) is 4.79 Å². The second kappa shape index (κ2) is 9.62. The number of nitrogens with two attached hydrogens (primary N) is 1. The second-order valence-corrected chi connectivity index (χ2v) is 7.61. The Hall–Kier alpha value is -3.71. The number of nitrogens with zero attached hydrogens (tertiary/aromatic N) is 4. The molecule has 7 nitrogen and oxygen atoms in total. The van der Waals surface area contributed by atoms with Crippen molar-refractivity contribution < 1.29 is 9.53 Å². The van der Waals surface area contributed by atoms with E-state index in [-0.39, 0.29) is 0 Å². The van der Waals surface area contributed by atoms with E-state index < -0.39 is 5.91 Å². The van der Waals surface area contributed by atoms with Crippen LogP contribution in [0.5, 0.6) is 0 Å². The second-order valence-electron chi connectivity index (χ2n) is 7.61. The summed E-state index contributed by atoms with van der Waals surface area (Å²) in [6, 6.07) is 18.1. The average Bonchev–Trinajstić information content (AvgIpc) is 3.47. The molecule has 0 fully saturated rings. The molecule has 2 aromatic carbocycles. The standard InChI is InChI=1S/C25H27N5O2/c1-3-32-16-4-5-22-11-13-24(19-6-9-21(10-7-19)29-15-14-27-28-29)30(22)23-12-8-20(25(26)31)17-18(23)2/h6-15,17H,3-5,16H2,1-2H3,(H2,26,31). The summed E-state index contributed by atoms with van der Waals surface area (Å²) >= 11 is 0. The zero-order valence-corrected chi connectivity index (χ0v) is 18.4. The number of primary amides is 1. The van der Waals surface area contributed by atoms with Crippen LogP contribution in [0.15, 0.2) is 67.0 Å². The summed E-state index contributed by atoms with van der Waals surface area (Å²) in [4.78, 5) is 11.6. The predicted molar refractivity (Wildman–Crippen MR) is 124 cm³/mol. The Kier molecular flexibility index (Phi) is 6.47. The molecule has 7 heteroatoms. The van der Waals surface area contributed by atoms with Crippen LogP contribution in [-0.2, 0) is 11.2 Å². The lowest BCUT2D eigenvalue weighted by Crippen LogP contribution is -2.12. The van der Waals surface area contributed by atoms with Crippen molar-refractivity contribution in [3.63, 3.8) is 0 Å². The summed E-state index contributed by atoms with van der Waals surface area (Å²) in [5.74, 6) is -0.423. The van der Waals surface area contributed by atoms with Crippen molar-refractivity contribution in [2.24, 2.45) is 5.73 Å². The van der Waals surface area contributed by atoms with Gasteiger partial charge in [-0.2, -0.15) is 0 Å². The summed E-state index contributed by atoms with van der Waals surface area (Å²) in [5, 5.41) is 7.93. The van der Waals surface area contributed by atoms with Crippen molar-refractivity contribution in [2.75, 3.05) is 13.2 Å². The van der Waals surface area contributed by atoms with Crippen molar-refractivity contribution in [2.45, 2.75) is 26.7 Å². The van der Waals surface area contributed by atoms with Crippen LogP contribution in [0, 0.1) is 6.92 Å². The maximum Gasteiger partial charge on any atom is 0.248 e. The maximum atomic E-state index is 11.6. The minimum atomic E-state index is -0.423. The van der Waals surface area contributed by atoms with Crippen LogP contribution in [0.25, 0.3) is 22.6 Å². The Bertz CT molecular complexity index is 1190. The zero-order valence-electron chi connectivity index (χ0n) is 18.4. The molecular formula is C25H27N5O2. The smallest absolute Gasteiger partial charge is 0.248 e. The van der Waals surface area contributed by atoms with Gasteiger partial charge >= 0.3 is 0 Å². The normalized spacial score (nSPS) is 11.1. The number of aryl methyl sites for hydroxylation is 2. The molecule has 4 rings (SSSR count). The Morgan fingerprint density at radius 1 is 1.09 bits per heavy atom. The van der Waals surface area contributed by atoms with Crippen molar-refractivity contribution in [1.29, 1.82) is 0 Å². The van der Waals surface area contributed by atoms with E-state index >= 15 is 0 Å². The molecule has 0 aliphatic carbocycles. The van der Waals surface area contributed by atoms with E-state index in [1.807, 2.05) is 44.3 Å². The van der Waals surface area contributed by atoms with Crippen molar-refractivity contribution in [3.05, 3.63) is 83.8 Å². The predicted octanol–water partition coefficient (Wildman–Crippen LogP) is 4.10. The van der Waals surface area contributed by atoms with E-state index in [2.05, 4.69) is 39.1 Å². The molecule has 0 radical (unpaired) electrons. The highest BCUT2D eigenvalue weighted by Crippen LogP contribution is 2.30. The van der Waals surface area contributed by atoms with E-state index in [1.54, 1.807) is 16.9 Å². The molecule has 4 aromatic rings. The molecule has 0 saturated heterocycles. The van der Waals surface area contributed by atoms with E-state index in [0.29, 0.717) is 5.56 Å². The van der Waals surface area contributed by atoms with Crippen LogP contribution in [-0.4, -0.2) is 38.7 Å². The highest BCUT2D eigenvalue weighted by molar-refractivity contribution is 5.93. The molecule has 1 amide bonds. The zero-order chi connectivity index (χ0) is 22.5. The molecule has 0 saturated carbocycles. The molecule has 0 bridgehead atoms. The lowest BCUT2D eigenvalue weighted by molar-refractivity contribution is 0.1000. The molecule has 0 aliphatic heterocycles. The summed E-state index contributed by atoms with van der Waals surface area (Å²) in [6.45, 7) is 5.46. The van der Waals surface area contributed by atoms with Crippen LogP contribution in [0.4, 0.5) is 0 Å². The van der Waals surface area contributed by atoms with Crippen LogP contribution in [0.1, 0.15) is 35.0 Å². The number of benzene rings is 2. The van der Waals surface area contributed by atoms with Crippen LogP contribution in [0.3, 0.4) is 0 Å². The third-order valence-electron chi connectivity index (χ3n) is 5.46. The summed E-state index contributed by atoms with van der Waals surface area (Å²) < 4.78 is 9.52. The molecular weight excluding hydrogens is 402 g/mol. The first-order valence-electron chi connectivity index (χ1n) is 10.7. The molecule has 2 N–H and O–H groups in total. The number of ether oxygens (including phenoxy) is 1. The van der Waals surface area contributed by atoms with Gasteiger partial charge in [-0.3, -0.25) is 4.79 Å². The van der Waals surface area contributed by atoms with Gasteiger partial charge in [0.05, 0.1) is 23.8 Å². The molecule has 0 aliphatic rings.